The van der Waals surface area contributed by atoms with Crippen LogP contribution in [0.15, 0.2) is 18.5 Å². The minimum atomic E-state index is 0.618. The molecule has 0 aliphatic carbocycles. The second-order valence-electron chi connectivity index (χ2n) is 3.75. The van der Waals surface area contributed by atoms with Crippen molar-refractivity contribution < 1.29 is 0 Å². The molecule has 3 N–H and O–H groups in total. The van der Waals surface area contributed by atoms with Crippen LogP contribution >= 0.6 is 0 Å². The van der Waals surface area contributed by atoms with Gasteiger partial charge >= 0.3 is 0 Å². The molecule has 0 aliphatic heterocycles. The third-order valence-electron chi connectivity index (χ3n) is 2.32. The predicted octanol–water partition coefficient (Wildman–Crippen LogP) is 1.79. The Hall–Kier alpha value is -1.09. The summed E-state index contributed by atoms with van der Waals surface area (Å²) in [6.07, 6.45) is 4.75. The lowest BCUT2D eigenvalue weighted by Gasteiger charge is -2.13. The van der Waals surface area contributed by atoms with E-state index in [4.69, 9.17) is 5.73 Å². The Labute approximate surface area is 85.7 Å². The lowest BCUT2D eigenvalue weighted by atomic mass is 10.1. The molecular formula is C11H19N3. The van der Waals surface area contributed by atoms with Crippen molar-refractivity contribution in [1.29, 1.82) is 0 Å². The summed E-state index contributed by atoms with van der Waals surface area (Å²) in [5, 5.41) is 3.40. The highest BCUT2D eigenvalue weighted by Crippen LogP contribution is 2.12. The summed E-state index contributed by atoms with van der Waals surface area (Å²) in [5.74, 6) is 0.618. The molecule has 0 aromatic carbocycles. The number of anilines is 1. The van der Waals surface area contributed by atoms with Crippen molar-refractivity contribution in [3.05, 3.63) is 24.0 Å². The van der Waals surface area contributed by atoms with E-state index in [-0.39, 0.29) is 0 Å². The number of nitrogens with two attached hydrogens (primary N) is 1. The molecule has 1 unspecified atom stereocenters. The molecule has 0 saturated carbocycles. The van der Waals surface area contributed by atoms with E-state index in [1.165, 1.54) is 11.3 Å². The summed E-state index contributed by atoms with van der Waals surface area (Å²) < 4.78 is 0. The Morgan fingerprint density at radius 1 is 1.57 bits per heavy atom. The molecular weight excluding hydrogens is 174 g/mol. The molecule has 1 heterocycles. The first-order valence-corrected chi connectivity index (χ1v) is 5.08. The van der Waals surface area contributed by atoms with Gasteiger partial charge in [-0.25, -0.2) is 0 Å². The topological polar surface area (TPSA) is 50.9 Å². The molecule has 0 spiro atoms. The van der Waals surface area contributed by atoms with Gasteiger partial charge in [0.05, 0.1) is 0 Å². The van der Waals surface area contributed by atoms with Gasteiger partial charge in [0.2, 0.25) is 0 Å². The normalized spacial score (nSPS) is 12.5. The minimum Gasteiger partial charge on any atom is -0.384 e. The molecule has 3 heteroatoms. The molecule has 0 radical (unpaired) electrons. The molecule has 3 nitrogen and oxygen atoms in total. The van der Waals surface area contributed by atoms with Gasteiger partial charge in [-0.15, -0.1) is 0 Å². The fourth-order valence-corrected chi connectivity index (χ4v) is 1.34. The van der Waals surface area contributed by atoms with Crippen molar-refractivity contribution in [2.45, 2.75) is 20.3 Å². The largest absolute Gasteiger partial charge is 0.384 e. The monoisotopic (exact) mass is 193 g/mol. The third-order valence-corrected chi connectivity index (χ3v) is 2.32. The first-order chi connectivity index (χ1) is 6.74. The number of pyridine rings is 1. The molecule has 78 valence electrons. The van der Waals surface area contributed by atoms with Crippen molar-refractivity contribution >= 4 is 5.69 Å². The van der Waals surface area contributed by atoms with Crippen LogP contribution < -0.4 is 11.1 Å². The molecule has 0 bridgehead atoms. The second-order valence-corrected chi connectivity index (χ2v) is 3.75. The summed E-state index contributed by atoms with van der Waals surface area (Å²) in [4.78, 5) is 4.05. The van der Waals surface area contributed by atoms with Crippen LogP contribution in [-0.2, 0) is 0 Å². The molecule has 0 saturated heterocycles. The second kappa shape index (κ2) is 5.60. The summed E-state index contributed by atoms with van der Waals surface area (Å²) in [6.45, 7) is 6.00. The average Bonchev–Trinajstić information content (AvgIpc) is 2.17. The van der Waals surface area contributed by atoms with E-state index in [1.807, 2.05) is 18.5 Å². The smallest absolute Gasteiger partial charge is 0.0400 e. The van der Waals surface area contributed by atoms with Crippen LogP contribution in [0.4, 0.5) is 5.69 Å². The van der Waals surface area contributed by atoms with Gasteiger partial charge in [-0.3, -0.25) is 4.98 Å². The highest BCUT2D eigenvalue weighted by atomic mass is 14.9. The number of nitrogens with one attached hydrogen (secondary N) is 1. The summed E-state index contributed by atoms with van der Waals surface area (Å²) in [5.41, 5.74) is 7.85. The standard InChI is InChI=1S/C11H19N3/c1-9(3-5-12)7-14-11-4-6-13-8-10(11)2/h4,6,8-9H,3,5,7,12H2,1-2H3,(H,13,14). The van der Waals surface area contributed by atoms with Gasteiger partial charge in [0, 0.05) is 24.6 Å². The van der Waals surface area contributed by atoms with Crippen molar-refractivity contribution in [3.63, 3.8) is 0 Å². The summed E-state index contributed by atoms with van der Waals surface area (Å²) >= 11 is 0. The maximum absolute atomic E-state index is 5.49. The van der Waals surface area contributed by atoms with Crippen molar-refractivity contribution in [2.75, 3.05) is 18.4 Å². The van der Waals surface area contributed by atoms with E-state index in [1.54, 1.807) is 0 Å². The fraction of sp³-hybridized carbons (Fsp3) is 0.545. The van der Waals surface area contributed by atoms with Crippen LogP contribution in [0.3, 0.4) is 0 Å². The molecule has 1 aromatic heterocycles. The maximum Gasteiger partial charge on any atom is 0.0400 e. The first-order valence-electron chi connectivity index (χ1n) is 5.08. The molecule has 0 aliphatic rings. The Morgan fingerprint density at radius 2 is 2.36 bits per heavy atom. The average molecular weight is 193 g/mol. The van der Waals surface area contributed by atoms with Crippen LogP contribution in [0.2, 0.25) is 0 Å². The summed E-state index contributed by atoms with van der Waals surface area (Å²) in [6, 6.07) is 2.00. The van der Waals surface area contributed by atoms with E-state index in [9.17, 15) is 0 Å². The van der Waals surface area contributed by atoms with Crippen LogP contribution in [0.1, 0.15) is 18.9 Å². The maximum atomic E-state index is 5.49. The lowest BCUT2D eigenvalue weighted by Crippen LogP contribution is -2.15. The third kappa shape index (κ3) is 3.34. The highest BCUT2D eigenvalue weighted by Gasteiger charge is 2.01. The fourth-order valence-electron chi connectivity index (χ4n) is 1.34. The number of aryl methyl sites for hydroxylation is 1. The number of aromatic nitrogens is 1. The predicted molar refractivity (Wildman–Crippen MR) is 60.3 cm³/mol. The van der Waals surface area contributed by atoms with Crippen LogP contribution in [0.25, 0.3) is 0 Å². The molecule has 1 rings (SSSR count). The van der Waals surface area contributed by atoms with Gasteiger partial charge < -0.3 is 11.1 Å². The Bertz CT molecular complexity index is 273. The lowest BCUT2D eigenvalue weighted by molar-refractivity contribution is 0.568. The molecule has 0 amide bonds. The molecule has 0 fully saturated rings. The zero-order chi connectivity index (χ0) is 10.4. The number of nitrogens with zero attached hydrogens (tertiary/aromatic N) is 1. The van der Waals surface area contributed by atoms with Crippen LogP contribution in [-0.4, -0.2) is 18.1 Å². The number of rotatable bonds is 5. The van der Waals surface area contributed by atoms with E-state index in [0.29, 0.717) is 5.92 Å². The SMILES string of the molecule is Cc1cnccc1NCC(C)CCN. The zero-order valence-electron chi connectivity index (χ0n) is 8.96. The van der Waals surface area contributed by atoms with Crippen LogP contribution in [0, 0.1) is 12.8 Å². The van der Waals surface area contributed by atoms with E-state index < -0.39 is 0 Å². The number of hydrogen-bond acceptors (Lipinski definition) is 3. The first kappa shape index (κ1) is 11.0. The zero-order valence-corrected chi connectivity index (χ0v) is 8.96. The van der Waals surface area contributed by atoms with Gasteiger partial charge in [0.15, 0.2) is 0 Å². The molecule has 14 heavy (non-hydrogen) atoms. The van der Waals surface area contributed by atoms with Crippen molar-refractivity contribution in [1.82, 2.24) is 4.98 Å². The Morgan fingerprint density at radius 3 is 3.00 bits per heavy atom. The van der Waals surface area contributed by atoms with Crippen molar-refractivity contribution in [2.24, 2.45) is 11.7 Å². The van der Waals surface area contributed by atoms with Gasteiger partial charge in [0.25, 0.3) is 0 Å². The Balaban J connectivity index is 2.41. The van der Waals surface area contributed by atoms with Crippen LogP contribution in [0.5, 0.6) is 0 Å². The Kier molecular flexibility index (Phi) is 4.40. The van der Waals surface area contributed by atoms with Gasteiger partial charge in [-0.05, 0) is 37.4 Å². The van der Waals surface area contributed by atoms with E-state index in [0.717, 1.165) is 19.5 Å². The molecule has 1 aromatic rings. The minimum absolute atomic E-state index is 0.618. The highest BCUT2D eigenvalue weighted by molar-refractivity contribution is 5.48. The van der Waals surface area contributed by atoms with Gasteiger partial charge in [-0.2, -0.15) is 0 Å². The number of hydrogen-bond donors (Lipinski definition) is 2. The van der Waals surface area contributed by atoms with E-state index in [2.05, 4.69) is 24.1 Å². The quantitative estimate of drug-likeness (QED) is 0.749. The summed E-state index contributed by atoms with van der Waals surface area (Å²) in [7, 11) is 0. The van der Waals surface area contributed by atoms with Crippen molar-refractivity contribution in [3.8, 4) is 0 Å². The van der Waals surface area contributed by atoms with E-state index >= 15 is 0 Å². The van der Waals surface area contributed by atoms with Gasteiger partial charge in [0.1, 0.15) is 0 Å². The molecule has 1 atom stereocenters. The van der Waals surface area contributed by atoms with Gasteiger partial charge in [-0.1, -0.05) is 6.92 Å².